The van der Waals surface area contributed by atoms with Gasteiger partial charge in [0.25, 0.3) is 0 Å². The molecule has 5 rings (SSSR count). The molecule has 2 aromatic carbocycles. The fourth-order valence-corrected chi connectivity index (χ4v) is 5.79. The summed E-state index contributed by atoms with van der Waals surface area (Å²) >= 11 is 0. The monoisotopic (exact) mass is 371 g/mol. The average molecular weight is 372 g/mol. The maximum Gasteiger partial charge on any atom is 0.127 e. The van der Waals surface area contributed by atoms with Crippen LogP contribution in [0.4, 0.5) is 5.69 Å². The number of rotatable bonds is 3. The van der Waals surface area contributed by atoms with Gasteiger partial charge in [0, 0.05) is 24.8 Å². The predicted octanol–water partition coefficient (Wildman–Crippen LogP) is 5.41. The van der Waals surface area contributed by atoms with Crippen molar-refractivity contribution in [2.45, 2.75) is 62.4 Å². The van der Waals surface area contributed by atoms with Crippen LogP contribution in [0, 0.1) is 11.3 Å². The van der Waals surface area contributed by atoms with Crippen LogP contribution in [-0.4, -0.2) is 23.5 Å². The van der Waals surface area contributed by atoms with E-state index in [-0.39, 0.29) is 0 Å². The third kappa shape index (κ3) is 3.10. The third-order valence-electron chi connectivity index (χ3n) is 7.25. The minimum Gasteiger partial charge on any atom is -0.367 e. The Labute approximate surface area is 168 Å². The molecule has 0 unspecified atom stereocenters. The lowest BCUT2D eigenvalue weighted by Gasteiger charge is -2.45. The third-order valence-corrected chi connectivity index (χ3v) is 7.25. The van der Waals surface area contributed by atoms with Crippen molar-refractivity contribution < 1.29 is 0 Å². The van der Waals surface area contributed by atoms with Crippen molar-refractivity contribution in [1.82, 2.24) is 4.90 Å². The number of nitriles is 1. The Morgan fingerprint density at radius 1 is 0.964 bits per heavy atom. The molecule has 3 aliphatic rings. The van der Waals surface area contributed by atoms with Gasteiger partial charge in [0.1, 0.15) is 5.54 Å². The average Bonchev–Trinajstić information content (AvgIpc) is 2.76. The number of aryl methyl sites for hydroxylation is 1. The van der Waals surface area contributed by atoms with Gasteiger partial charge < -0.3 is 5.32 Å². The fourth-order valence-electron chi connectivity index (χ4n) is 5.79. The van der Waals surface area contributed by atoms with Gasteiger partial charge in [-0.2, -0.15) is 5.26 Å². The van der Waals surface area contributed by atoms with Gasteiger partial charge in [-0.25, -0.2) is 0 Å². The standard InChI is InChI=1S/C25H29N3/c26-18-25(27-21-9-2-1-3-10-21)14-16-28(17-15-25)23-13-12-20-7-4-6-19-8-5-11-22(23)24(19)20/h1-3,5,8-11,20,23,27H,4,6-7,12-17H2/t20-,23-/m1/s1. The fraction of sp³-hybridized carbons (Fsp3) is 0.480. The summed E-state index contributed by atoms with van der Waals surface area (Å²) in [6, 6.07) is 20.3. The first-order chi connectivity index (χ1) is 13.8. The van der Waals surface area contributed by atoms with Gasteiger partial charge in [-0.3, -0.25) is 4.90 Å². The SMILES string of the molecule is N#CC1(Nc2ccccc2)CCN([C@@H]2CC[C@H]3CCCc4cccc2c43)CC1. The molecule has 0 spiro atoms. The first kappa shape index (κ1) is 17.8. The van der Waals surface area contributed by atoms with E-state index in [2.05, 4.69) is 46.6 Å². The van der Waals surface area contributed by atoms with Crippen molar-refractivity contribution in [2.24, 2.45) is 0 Å². The van der Waals surface area contributed by atoms with E-state index < -0.39 is 5.54 Å². The summed E-state index contributed by atoms with van der Waals surface area (Å²) in [4.78, 5) is 2.66. The molecule has 144 valence electrons. The van der Waals surface area contributed by atoms with Crippen LogP contribution in [0.15, 0.2) is 48.5 Å². The summed E-state index contributed by atoms with van der Waals surface area (Å²) in [7, 11) is 0. The Balaban J connectivity index is 1.34. The van der Waals surface area contributed by atoms with Crippen LogP contribution >= 0.6 is 0 Å². The first-order valence-corrected chi connectivity index (χ1v) is 10.9. The molecule has 2 aromatic rings. The number of nitrogens with zero attached hydrogens (tertiary/aromatic N) is 2. The Morgan fingerprint density at radius 3 is 2.57 bits per heavy atom. The molecule has 0 amide bonds. The van der Waals surface area contributed by atoms with Crippen LogP contribution in [-0.2, 0) is 6.42 Å². The number of piperidine rings is 1. The van der Waals surface area contributed by atoms with Gasteiger partial charge in [-0.15, -0.1) is 0 Å². The molecular weight excluding hydrogens is 342 g/mol. The molecule has 1 saturated heterocycles. The van der Waals surface area contributed by atoms with E-state index in [9.17, 15) is 5.26 Å². The smallest absolute Gasteiger partial charge is 0.127 e. The van der Waals surface area contributed by atoms with Crippen molar-refractivity contribution in [3.63, 3.8) is 0 Å². The van der Waals surface area contributed by atoms with Crippen molar-refractivity contribution in [3.8, 4) is 6.07 Å². The number of hydrogen-bond acceptors (Lipinski definition) is 3. The topological polar surface area (TPSA) is 39.1 Å². The second kappa shape index (κ2) is 7.26. The number of nitrogens with one attached hydrogen (secondary N) is 1. The van der Waals surface area contributed by atoms with E-state index in [0.717, 1.165) is 37.5 Å². The second-order valence-corrected chi connectivity index (χ2v) is 8.82. The van der Waals surface area contributed by atoms with E-state index in [1.54, 1.807) is 16.7 Å². The van der Waals surface area contributed by atoms with E-state index in [0.29, 0.717) is 6.04 Å². The summed E-state index contributed by atoms with van der Waals surface area (Å²) in [5.74, 6) is 0.791. The van der Waals surface area contributed by atoms with Crippen LogP contribution in [0.5, 0.6) is 0 Å². The van der Waals surface area contributed by atoms with E-state index >= 15 is 0 Å². The highest BCUT2D eigenvalue weighted by atomic mass is 15.2. The first-order valence-electron chi connectivity index (χ1n) is 10.9. The largest absolute Gasteiger partial charge is 0.367 e. The molecule has 0 saturated carbocycles. The van der Waals surface area contributed by atoms with Crippen LogP contribution in [0.1, 0.15) is 67.2 Å². The van der Waals surface area contributed by atoms with Gasteiger partial charge in [-0.05, 0) is 79.7 Å². The Hall–Kier alpha value is -2.31. The molecule has 3 nitrogen and oxygen atoms in total. The molecule has 3 heteroatoms. The van der Waals surface area contributed by atoms with Gasteiger partial charge in [-0.1, -0.05) is 36.4 Å². The molecule has 2 aliphatic carbocycles. The number of para-hydroxylation sites is 1. The van der Waals surface area contributed by atoms with Crippen LogP contribution in [0.2, 0.25) is 0 Å². The second-order valence-electron chi connectivity index (χ2n) is 8.82. The minimum atomic E-state index is -0.439. The minimum absolute atomic E-state index is 0.439. The normalized spacial score (nSPS) is 26.1. The van der Waals surface area contributed by atoms with Crippen molar-refractivity contribution in [1.29, 1.82) is 5.26 Å². The Bertz CT molecular complexity index is 874. The molecule has 1 heterocycles. The van der Waals surface area contributed by atoms with Crippen molar-refractivity contribution in [3.05, 3.63) is 65.2 Å². The lowest BCUT2D eigenvalue weighted by molar-refractivity contribution is 0.124. The number of likely N-dealkylation sites (tertiary alicyclic amines) is 1. The molecule has 2 atom stereocenters. The molecular formula is C25H29N3. The molecule has 28 heavy (non-hydrogen) atoms. The Kier molecular flexibility index (Phi) is 4.61. The summed E-state index contributed by atoms with van der Waals surface area (Å²) < 4.78 is 0. The van der Waals surface area contributed by atoms with E-state index in [1.165, 1.54) is 32.1 Å². The van der Waals surface area contributed by atoms with E-state index in [4.69, 9.17) is 0 Å². The predicted molar refractivity (Wildman–Crippen MR) is 113 cm³/mol. The lowest BCUT2D eigenvalue weighted by atomic mass is 9.71. The highest BCUT2D eigenvalue weighted by Crippen LogP contribution is 2.47. The quantitative estimate of drug-likeness (QED) is 0.784. The molecule has 0 aromatic heterocycles. The maximum atomic E-state index is 9.94. The zero-order valence-electron chi connectivity index (χ0n) is 16.5. The zero-order valence-corrected chi connectivity index (χ0v) is 16.5. The molecule has 1 aliphatic heterocycles. The summed E-state index contributed by atoms with van der Waals surface area (Å²) in [5.41, 5.74) is 5.49. The van der Waals surface area contributed by atoms with Crippen LogP contribution in [0.25, 0.3) is 0 Å². The van der Waals surface area contributed by atoms with Crippen LogP contribution < -0.4 is 5.32 Å². The van der Waals surface area contributed by atoms with Gasteiger partial charge in [0.2, 0.25) is 0 Å². The van der Waals surface area contributed by atoms with Gasteiger partial charge >= 0.3 is 0 Å². The number of anilines is 1. The van der Waals surface area contributed by atoms with Crippen LogP contribution in [0.3, 0.4) is 0 Å². The number of benzene rings is 2. The zero-order chi connectivity index (χ0) is 19.0. The van der Waals surface area contributed by atoms with Crippen molar-refractivity contribution >= 4 is 5.69 Å². The van der Waals surface area contributed by atoms with Gasteiger partial charge in [0.05, 0.1) is 6.07 Å². The highest BCUT2D eigenvalue weighted by Gasteiger charge is 2.39. The molecule has 0 radical (unpaired) electrons. The Morgan fingerprint density at radius 2 is 1.79 bits per heavy atom. The summed E-state index contributed by atoms with van der Waals surface area (Å²) in [6.45, 7) is 1.98. The van der Waals surface area contributed by atoms with Gasteiger partial charge in [0.15, 0.2) is 0 Å². The van der Waals surface area contributed by atoms with E-state index in [1.807, 2.05) is 18.2 Å². The maximum absolute atomic E-state index is 9.94. The summed E-state index contributed by atoms with van der Waals surface area (Å²) in [5, 5.41) is 13.5. The molecule has 0 bridgehead atoms. The van der Waals surface area contributed by atoms with Crippen molar-refractivity contribution in [2.75, 3.05) is 18.4 Å². The molecule has 1 fully saturated rings. The highest BCUT2D eigenvalue weighted by molar-refractivity contribution is 5.48. The lowest BCUT2D eigenvalue weighted by Crippen LogP contribution is -2.49. The number of hydrogen-bond donors (Lipinski definition) is 1. The summed E-state index contributed by atoms with van der Waals surface area (Å²) in [6.07, 6.45) is 8.34. The molecule has 1 N–H and O–H groups in total.